The Hall–Kier alpha value is -3.36. The molecule has 1 fully saturated rings. The Morgan fingerprint density at radius 2 is 1.79 bits per heavy atom. The summed E-state index contributed by atoms with van der Waals surface area (Å²) in [5.41, 5.74) is 2.68. The third-order valence-electron chi connectivity index (χ3n) is 5.69. The van der Waals surface area contributed by atoms with Crippen LogP contribution in [0.25, 0.3) is 0 Å². The van der Waals surface area contributed by atoms with Gasteiger partial charge in [0.25, 0.3) is 10.0 Å². The van der Waals surface area contributed by atoms with Crippen molar-refractivity contribution in [2.45, 2.75) is 36.5 Å². The van der Waals surface area contributed by atoms with Crippen molar-refractivity contribution in [2.24, 2.45) is 0 Å². The topological polar surface area (TPSA) is 105 Å². The molecule has 0 aromatic heterocycles. The summed E-state index contributed by atoms with van der Waals surface area (Å²) < 4.78 is 34.6. The third-order valence-corrected chi connectivity index (χ3v) is 7.11. The van der Waals surface area contributed by atoms with Gasteiger partial charge in [0.05, 0.1) is 19.1 Å². The molecule has 0 heterocycles. The summed E-state index contributed by atoms with van der Waals surface area (Å²) in [4.78, 5) is 12.8. The Kier molecular flexibility index (Phi) is 7.19. The number of aliphatic hydroxyl groups excluding tert-OH is 1. The molecule has 0 bridgehead atoms. The van der Waals surface area contributed by atoms with Crippen LogP contribution >= 0.6 is 0 Å². The predicted octanol–water partition coefficient (Wildman–Crippen LogP) is 4.48. The van der Waals surface area contributed by atoms with Gasteiger partial charge in [-0.05, 0) is 61.1 Å². The summed E-state index contributed by atoms with van der Waals surface area (Å²) in [6.45, 7) is 1.65. The van der Waals surface area contributed by atoms with Gasteiger partial charge in [0.2, 0.25) is 5.91 Å². The number of ether oxygens (including phenoxy) is 1. The third kappa shape index (κ3) is 5.58. The molecule has 0 aliphatic heterocycles. The first-order chi connectivity index (χ1) is 16.4. The van der Waals surface area contributed by atoms with Crippen LogP contribution in [-0.4, -0.2) is 32.6 Å². The van der Waals surface area contributed by atoms with Gasteiger partial charge in [0.15, 0.2) is 0 Å². The van der Waals surface area contributed by atoms with E-state index in [9.17, 15) is 18.3 Å². The molecular formula is C26H28N2O5S. The van der Waals surface area contributed by atoms with E-state index in [0.717, 1.165) is 18.4 Å². The van der Waals surface area contributed by atoms with E-state index in [2.05, 4.69) is 10.0 Å². The van der Waals surface area contributed by atoms with Crippen molar-refractivity contribution in [1.82, 2.24) is 0 Å². The monoisotopic (exact) mass is 480 g/mol. The average molecular weight is 481 g/mol. The van der Waals surface area contributed by atoms with Crippen LogP contribution in [0, 0.1) is 0 Å². The van der Waals surface area contributed by atoms with Crippen molar-refractivity contribution in [1.29, 1.82) is 0 Å². The zero-order valence-electron chi connectivity index (χ0n) is 18.9. The van der Waals surface area contributed by atoms with E-state index in [1.807, 2.05) is 24.3 Å². The zero-order valence-corrected chi connectivity index (χ0v) is 19.7. The van der Waals surface area contributed by atoms with Crippen molar-refractivity contribution in [2.75, 3.05) is 23.3 Å². The molecule has 3 aromatic carbocycles. The number of sulfonamides is 1. The largest absolute Gasteiger partial charge is 0.492 e. The second-order valence-corrected chi connectivity index (χ2v) is 9.89. The van der Waals surface area contributed by atoms with E-state index in [1.54, 1.807) is 37.3 Å². The Labute approximate surface area is 199 Å². The van der Waals surface area contributed by atoms with Crippen LogP contribution in [0.4, 0.5) is 11.4 Å². The summed E-state index contributed by atoms with van der Waals surface area (Å²) in [6.07, 6.45) is 2.25. The van der Waals surface area contributed by atoms with Gasteiger partial charge in [0, 0.05) is 17.4 Å². The minimum absolute atomic E-state index is 0.0223. The van der Waals surface area contributed by atoms with Gasteiger partial charge in [-0.25, -0.2) is 8.42 Å². The molecule has 178 valence electrons. The SMILES string of the molecule is CCOc1cc(NC(=O)[C@@H](CO)c2ccccc2)ccc1S(=O)(=O)Nc1cccc(C2CC2)c1. The Balaban J connectivity index is 1.56. The minimum Gasteiger partial charge on any atom is -0.492 e. The summed E-state index contributed by atoms with van der Waals surface area (Å²) >= 11 is 0. The first kappa shape index (κ1) is 23.8. The van der Waals surface area contributed by atoms with Crippen molar-refractivity contribution in [3.8, 4) is 5.75 Å². The number of amides is 1. The number of carbonyl (C=O) groups excluding carboxylic acids is 1. The average Bonchev–Trinajstić information content (AvgIpc) is 3.66. The van der Waals surface area contributed by atoms with E-state index in [4.69, 9.17) is 4.74 Å². The van der Waals surface area contributed by atoms with Crippen LogP contribution in [-0.2, 0) is 14.8 Å². The lowest BCUT2D eigenvalue weighted by atomic mass is 9.99. The van der Waals surface area contributed by atoms with Gasteiger partial charge in [-0.3, -0.25) is 9.52 Å². The minimum atomic E-state index is -3.93. The maximum absolute atomic E-state index is 13.2. The number of carbonyl (C=O) groups is 1. The zero-order chi connectivity index (χ0) is 24.1. The van der Waals surface area contributed by atoms with Crippen molar-refractivity contribution < 1.29 is 23.1 Å². The fraction of sp³-hybridized carbons (Fsp3) is 0.269. The Bertz CT molecular complexity index is 1260. The molecule has 4 rings (SSSR count). The predicted molar refractivity (Wildman–Crippen MR) is 132 cm³/mol. The number of nitrogens with one attached hydrogen (secondary N) is 2. The second-order valence-electron chi connectivity index (χ2n) is 8.23. The van der Waals surface area contributed by atoms with E-state index in [-0.39, 0.29) is 23.9 Å². The molecule has 0 saturated heterocycles. The maximum Gasteiger partial charge on any atom is 0.265 e. The van der Waals surface area contributed by atoms with Crippen LogP contribution in [0.5, 0.6) is 5.75 Å². The lowest BCUT2D eigenvalue weighted by Gasteiger charge is -2.17. The van der Waals surface area contributed by atoms with E-state index in [1.165, 1.54) is 18.2 Å². The molecule has 3 aromatic rings. The van der Waals surface area contributed by atoms with Crippen molar-refractivity contribution in [3.63, 3.8) is 0 Å². The maximum atomic E-state index is 13.2. The lowest BCUT2D eigenvalue weighted by Crippen LogP contribution is -2.24. The molecular weight excluding hydrogens is 452 g/mol. The van der Waals surface area contributed by atoms with Gasteiger partial charge in [-0.2, -0.15) is 0 Å². The molecule has 1 amide bonds. The Morgan fingerprint density at radius 3 is 2.47 bits per heavy atom. The van der Waals surface area contributed by atoms with E-state index in [0.29, 0.717) is 22.9 Å². The summed E-state index contributed by atoms with van der Waals surface area (Å²) in [6, 6.07) is 20.8. The van der Waals surface area contributed by atoms with Crippen LogP contribution in [0.3, 0.4) is 0 Å². The fourth-order valence-electron chi connectivity index (χ4n) is 3.81. The van der Waals surface area contributed by atoms with Crippen LogP contribution in [0.1, 0.15) is 42.7 Å². The van der Waals surface area contributed by atoms with E-state index >= 15 is 0 Å². The van der Waals surface area contributed by atoms with Gasteiger partial charge >= 0.3 is 0 Å². The van der Waals surface area contributed by atoms with Crippen molar-refractivity contribution in [3.05, 3.63) is 83.9 Å². The summed E-state index contributed by atoms with van der Waals surface area (Å²) in [5, 5.41) is 12.5. The molecule has 1 saturated carbocycles. The number of hydrogen-bond donors (Lipinski definition) is 3. The molecule has 7 nitrogen and oxygen atoms in total. The Morgan fingerprint density at radius 1 is 1.03 bits per heavy atom. The smallest absolute Gasteiger partial charge is 0.265 e. The number of rotatable bonds is 10. The molecule has 0 unspecified atom stereocenters. The van der Waals surface area contributed by atoms with Crippen molar-refractivity contribution >= 4 is 27.3 Å². The second kappa shape index (κ2) is 10.3. The molecule has 1 aliphatic carbocycles. The molecule has 1 aliphatic rings. The standard InChI is InChI=1S/C26H28N2O5S/c1-2-33-24-16-21(27-26(30)23(17-29)19-7-4-3-5-8-19)13-14-25(24)34(31,32)28-22-10-6-9-20(15-22)18-11-12-18/h3-10,13-16,18,23,28-29H,2,11-12,17H2,1H3,(H,27,30)/t23-/m0/s1. The molecule has 8 heteroatoms. The number of benzene rings is 3. The summed E-state index contributed by atoms with van der Waals surface area (Å²) in [7, 11) is -3.93. The van der Waals surface area contributed by atoms with Gasteiger partial charge < -0.3 is 15.2 Å². The molecule has 3 N–H and O–H groups in total. The molecule has 1 atom stereocenters. The molecule has 0 radical (unpaired) electrons. The van der Waals surface area contributed by atoms with Gasteiger partial charge in [-0.15, -0.1) is 0 Å². The number of hydrogen-bond acceptors (Lipinski definition) is 5. The first-order valence-corrected chi connectivity index (χ1v) is 12.8. The van der Waals surface area contributed by atoms with Crippen LogP contribution in [0.15, 0.2) is 77.7 Å². The highest BCUT2D eigenvalue weighted by Crippen LogP contribution is 2.41. The highest BCUT2D eigenvalue weighted by Gasteiger charge is 2.25. The lowest BCUT2D eigenvalue weighted by molar-refractivity contribution is -0.118. The fourth-order valence-corrected chi connectivity index (χ4v) is 4.99. The number of anilines is 2. The van der Waals surface area contributed by atoms with Gasteiger partial charge in [0.1, 0.15) is 10.6 Å². The highest BCUT2D eigenvalue weighted by atomic mass is 32.2. The van der Waals surface area contributed by atoms with Crippen LogP contribution in [0.2, 0.25) is 0 Å². The summed E-state index contributed by atoms with van der Waals surface area (Å²) in [5.74, 6) is -0.515. The number of aliphatic hydroxyl groups is 1. The van der Waals surface area contributed by atoms with Crippen LogP contribution < -0.4 is 14.8 Å². The quantitative estimate of drug-likeness (QED) is 0.397. The van der Waals surface area contributed by atoms with E-state index < -0.39 is 21.8 Å². The molecule has 34 heavy (non-hydrogen) atoms. The van der Waals surface area contributed by atoms with Gasteiger partial charge in [-0.1, -0.05) is 42.5 Å². The first-order valence-electron chi connectivity index (χ1n) is 11.3. The highest BCUT2D eigenvalue weighted by molar-refractivity contribution is 7.92. The normalized spacial score (nSPS) is 14.3. The molecule has 0 spiro atoms.